The minimum Gasteiger partial charge on any atom is -0.494 e. The van der Waals surface area contributed by atoms with Crippen molar-refractivity contribution in [3.63, 3.8) is 0 Å². The van der Waals surface area contributed by atoms with Gasteiger partial charge in [0.2, 0.25) is 0 Å². The fraction of sp³-hybridized carbons (Fsp3) is 0.647. The van der Waals surface area contributed by atoms with Crippen molar-refractivity contribution in [2.24, 2.45) is 0 Å². The zero-order chi connectivity index (χ0) is 14.2. The molecule has 0 N–H and O–H groups in total. The highest BCUT2D eigenvalue weighted by Crippen LogP contribution is 2.26. The molecule has 2 unspecified atom stereocenters. The topological polar surface area (TPSA) is 27.7 Å². The van der Waals surface area contributed by atoms with Crippen LogP contribution in [0.3, 0.4) is 0 Å². The highest BCUT2D eigenvalue weighted by atomic mass is 16.6. The number of unbranched alkanes of at least 4 members (excludes halogenated alkanes) is 2. The van der Waals surface area contributed by atoms with Crippen molar-refractivity contribution in [2.75, 3.05) is 19.8 Å². The summed E-state index contributed by atoms with van der Waals surface area (Å²) >= 11 is 0. The average molecular weight is 278 g/mol. The van der Waals surface area contributed by atoms with Gasteiger partial charge in [0.05, 0.1) is 25.9 Å². The third kappa shape index (κ3) is 4.50. The fourth-order valence-electron chi connectivity index (χ4n) is 2.47. The Labute approximate surface area is 122 Å². The van der Waals surface area contributed by atoms with E-state index in [9.17, 15) is 0 Å². The van der Waals surface area contributed by atoms with Gasteiger partial charge in [0.15, 0.2) is 0 Å². The van der Waals surface area contributed by atoms with Gasteiger partial charge in [0, 0.05) is 0 Å². The normalized spacial score (nSPS) is 22.7. The van der Waals surface area contributed by atoms with Crippen molar-refractivity contribution in [1.29, 1.82) is 0 Å². The Morgan fingerprint density at radius 2 is 1.85 bits per heavy atom. The minimum absolute atomic E-state index is 0.0631. The molecule has 1 fully saturated rings. The number of hydrogen-bond acceptors (Lipinski definition) is 3. The van der Waals surface area contributed by atoms with Crippen molar-refractivity contribution in [1.82, 2.24) is 0 Å². The highest BCUT2D eigenvalue weighted by molar-refractivity contribution is 5.28. The Hall–Kier alpha value is -1.06. The van der Waals surface area contributed by atoms with Gasteiger partial charge in [-0.1, -0.05) is 38.3 Å². The molecule has 1 aromatic rings. The van der Waals surface area contributed by atoms with Crippen LogP contribution in [0.1, 0.15) is 51.2 Å². The van der Waals surface area contributed by atoms with E-state index in [1.165, 1.54) is 24.8 Å². The van der Waals surface area contributed by atoms with E-state index in [0.717, 1.165) is 12.2 Å². The highest BCUT2D eigenvalue weighted by Gasteiger charge is 2.23. The van der Waals surface area contributed by atoms with Crippen LogP contribution in [0.15, 0.2) is 24.3 Å². The molecule has 0 amide bonds. The lowest BCUT2D eigenvalue weighted by molar-refractivity contribution is -0.137. The SMILES string of the molecule is CCCCCC1COC(c2ccc(OCC)cc2)CO1. The molecule has 0 aromatic heterocycles. The monoisotopic (exact) mass is 278 g/mol. The van der Waals surface area contributed by atoms with Crippen molar-refractivity contribution >= 4 is 0 Å². The summed E-state index contributed by atoms with van der Waals surface area (Å²) in [7, 11) is 0. The molecule has 1 aliphatic rings. The van der Waals surface area contributed by atoms with Gasteiger partial charge in [0.25, 0.3) is 0 Å². The van der Waals surface area contributed by atoms with Gasteiger partial charge in [-0.25, -0.2) is 0 Å². The van der Waals surface area contributed by atoms with E-state index in [1.54, 1.807) is 0 Å². The Balaban J connectivity index is 1.78. The van der Waals surface area contributed by atoms with Gasteiger partial charge in [-0.2, -0.15) is 0 Å². The summed E-state index contributed by atoms with van der Waals surface area (Å²) in [6.07, 6.45) is 5.22. The van der Waals surface area contributed by atoms with Crippen LogP contribution in [0.4, 0.5) is 0 Å². The van der Waals surface area contributed by atoms with Crippen LogP contribution >= 0.6 is 0 Å². The van der Waals surface area contributed by atoms with Gasteiger partial charge < -0.3 is 14.2 Å². The Kier molecular flexibility index (Phi) is 6.34. The summed E-state index contributed by atoms with van der Waals surface area (Å²) in [5.74, 6) is 0.908. The molecule has 3 nitrogen and oxygen atoms in total. The summed E-state index contributed by atoms with van der Waals surface area (Å²) in [4.78, 5) is 0. The van der Waals surface area contributed by atoms with Crippen LogP contribution in [-0.4, -0.2) is 25.9 Å². The molecule has 20 heavy (non-hydrogen) atoms. The number of rotatable bonds is 7. The van der Waals surface area contributed by atoms with E-state index in [4.69, 9.17) is 14.2 Å². The Morgan fingerprint density at radius 3 is 2.45 bits per heavy atom. The van der Waals surface area contributed by atoms with Crippen LogP contribution in [0.2, 0.25) is 0 Å². The van der Waals surface area contributed by atoms with Gasteiger partial charge in [-0.05, 0) is 31.0 Å². The molecule has 1 aromatic carbocycles. The fourth-order valence-corrected chi connectivity index (χ4v) is 2.47. The molecule has 1 heterocycles. The summed E-state index contributed by atoms with van der Waals surface area (Å²) in [5.41, 5.74) is 1.17. The van der Waals surface area contributed by atoms with E-state index < -0.39 is 0 Å². The number of hydrogen-bond donors (Lipinski definition) is 0. The molecule has 1 saturated heterocycles. The number of benzene rings is 1. The molecule has 0 spiro atoms. The predicted octanol–water partition coefficient (Wildman–Crippen LogP) is 4.12. The smallest absolute Gasteiger partial charge is 0.119 e. The molecule has 0 aliphatic carbocycles. The largest absolute Gasteiger partial charge is 0.494 e. The lowest BCUT2D eigenvalue weighted by atomic mass is 10.1. The van der Waals surface area contributed by atoms with Gasteiger partial charge >= 0.3 is 0 Å². The predicted molar refractivity (Wildman–Crippen MR) is 80.2 cm³/mol. The zero-order valence-corrected chi connectivity index (χ0v) is 12.6. The van der Waals surface area contributed by atoms with Crippen LogP contribution in [-0.2, 0) is 9.47 Å². The van der Waals surface area contributed by atoms with Crippen molar-refractivity contribution in [3.05, 3.63) is 29.8 Å². The molecular weight excluding hydrogens is 252 g/mol. The first kappa shape index (κ1) is 15.3. The first-order valence-electron chi connectivity index (χ1n) is 7.79. The van der Waals surface area contributed by atoms with E-state index in [0.29, 0.717) is 19.8 Å². The third-order valence-electron chi connectivity index (χ3n) is 3.66. The van der Waals surface area contributed by atoms with Gasteiger partial charge in [-0.15, -0.1) is 0 Å². The lowest BCUT2D eigenvalue weighted by Gasteiger charge is -2.30. The van der Waals surface area contributed by atoms with Crippen molar-refractivity contribution in [2.45, 2.75) is 51.7 Å². The molecule has 2 atom stereocenters. The summed E-state index contributed by atoms with van der Waals surface area (Å²) in [5, 5.41) is 0. The van der Waals surface area contributed by atoms with E-state index in [-0.39, 0.29) is 12.2 Å². The molecule has 2 rings (SSSR count). The maximum atomic E-state index is 5.94. The van der Waals surface area contributed by atoms with Crippen molar-refractivity contribution < 1.29 is 14.2 Å². The van der Waals surface area contributed by atoms with Crippen molar-refractivity contribution in [3.8, 4) is 5.75 Å². The summed E-state index contributed by atoms with van der Waals surface area (Å²) in [6.45, 7) is 6.28. The van der Waals surface area contributed by atoms with Gasteiger partial charge in [-0.3, -0.25) is 0 Å². The van der Waals surface area contributed by atoms with E-state index in [1.807, 2.05) is 19.1 Å². The lowest BCUT2D eigenvalue weighted by Crippen LogP contribution is -2.31. The first-order chi connectivity index (χ1) is 9.83. The summed E-state index contributed by atoms with van der Waals surface area (Å²) in [6, 6.07) is 8.12. The molecule has 0 saturated carbocycles. The second kappa shape index (κ2) is 8.28. The molecule has 0 bridgehead atoms. The van der Waals surface area contributed by atoms with Gasteiger partial charge in [0.1, 0.15) is 11.9 Å². The van der Waals surface area contributed by atoms with Crippen LogP contribution in [0.5, 0.6) is 5.75 Å². The second-order valence-corrected chi connectivity index (χ2v) is 5.28. The van der Waals surface area contributed by atoms with E-state index in [2.05, 4.69) is 19.1 Å². The summed E-state index contributed by atoms with van der Waals surface area (Å²) < 4.78 is 17.3. The maximum absolute atomic E-state index is 5.94. The zero-order valence-electron chi connectivity index (χ0n) is 12.6. The van der Waals surface area contributed by atoms with Crippen LogP contribution in [0.25, 0.3) is 0 Å². The first-order valence-corrected chi connectivity index (χ1v) is 7.79. The second-order valence-electron chi connectivity index (χ2n) is 5.28. The molecule has 1 aliphatic heterocycles. The molecule has 3 heteroatoms. The van der Waals surface area contributed by atoms with Crippen LogP contribution in [0, 0.1) is 0 Å². The molecular formula is C17H26O3. The maximum Gasteiger partial charge on any atom is 0.119 e. The number of ether oxygens (including phenoxy) is 3. The Morgan fingerprint density at radius 1 is 1.05 bits per heavy atom. The quantitative estimate of drug-likeness (QED) is 0.702. The minimum atomic E-state index is 0.0631. The Bertz CT molecular complexity index is 366. The van der Waals surface area contributed by atoms with E-state index >= 15 is 0 Å². The van der Waals surface area contributed by atoms with Crippen LogP contribution < -0.4 is 4.74 Å². The standard InChI is InChI=1S/C17H26O3/c1-3-5-6-7-16-12-20-17(13-19-16)14-8-10-15(11-9-14)18-4-2/h8-11,16-17H,3-7,12-13H2,1-2H3. The molecule has 0 radical (unpaired) electrons. The molecule has 112 valence electrons. The average Bonchev–Trinajstić information content (AvgIpc) is 2.49. The third-order valence-corrected chi connectivity index (χ3v) is 3.66.